The Balaban J connectivity index is 1.58. The Morgan fingerprint density at radius 1 is 1.29 bits per heavy atom. The molecule has 1 aromatic heterocycles. The number of amides is 2. The number of carbonyl (C=O) groups excluding carboxylic acids is 2. The minimum atomic E-state index is -1.12. The van der Waals surface area contributed by atoms with E-state index in [2.05, 4.69) is 26.3 Å². The van der Waals surface area contributed by atoms with Crippen LogP contribution >= 0.6 is 34.5 Å². The van der Waals surface area contributed by atoms with E-state index in [1.165, 1.54) is 17.4 Å². The number of halogens is 2. The minimum absolute atomic E-state index is 0.283. The Hall–Kier alpha value is -2.86. The normalized spacial score (nSPS) is 16.1. The summed E-state index contributed by atoms with van der Waals surface area (Å²) in [4.78, 5) is 40.8. The first-order valence-corrected chi connectivity index (χ1v) is 11.8. The number of hydrogen-bond acceptors (Lipinski definition) is 8. The molecule has 0 saturated heterocycles. The Bertz CT molecular complexity index is 1120. The van der Waals surface area contributed by atoms with Crippen molar-refractivity contribution >= 4 is 64.0 Å². The summed E-state index contributed by atoms with van der Waals surface area (Å²) in [6, 6.07) is 3.82. The lowest BCUT2D eigenvalue weighted by Crippen LogP contribution is -2.42. The first-order valence-electron chi connectivity index (χ1n) is 10.2. The smallest absolute Gasteiger partial charge is 0.305 e. The second-order valence-electron chi connectivity index (χ2n) is 7.55. The number of aliphatic carboxylic acids is 1. The Labute approximate surface area is 209 Å². The standard InChI is InChI=1S/C21H23Cl2N5O5S/c1-10-14(2-11(22)3-15(10)23)16(5-19(31)32)28-18(30)8-24-20(33)17-4-12(9-34-17)27-21-25-6-13(29)7-26-21/h2-4,9,13,16,29H,5-8H2,1H3,(H,24,33)(H,28,30)(H,31,32)(H2,25,26,27)/t16-/m0/s1. The molecule has 0 bridgehead atoms. The van der Waals surface area contributed by atoms with Gasteiger partial charge in [-0.3, -0.25) is 19.4 Å². The fourth-order valence-corrected chi connectivity index (χ4v) is 4.47. The number of β-amino-alcohol motifs (C(OH)–C–C–N with tert-alkyl or cyclic N) is 1. The molecule has 0 spiro atoms. The maximum atomic E-state index is 12.5. The third kappa shape index (κ3) is 7.07. The van der Waals surface area contributed by atoms with Crippen molar-refractivity contribution in [1.29, 1.82) is 0 Å². The van der Waals surface area contributed by atoms with Crippen molar-refractivity contribution in [2.45, 2.75) is 25.5 Å². The van der Waals surface area contributed by atoms with Crippen LogP contribution < -0.4 is 21.3 Å². The Morgan fingerprint density at radius 3 is 2.74 bits per heavy atom. The molecule has 1 aliphatic rings. The van der Waals surface area contributed by atoms with Crippen molar-refractivity contribution in [3.8, 4) is 0 Å². The van der Waals surface area contributed by atoms with Crippen LogP contribution in [0.3, 0.4) is 0 Å². The number of aliphatic imine (C=N–C) groups is 1. The van der Waals surface area contributed by atoms with Crippen molar-refractivity contribution in [3.63, 3.8) is 0 Å². The lowest BCUT2D eigenvalue weighted by Gasteiger charge is -2.20. The zero-order valence-electron chi connectivity index (χ0n) is 18.0. The summed E-state index contributed by atoms with van der Waals surface area (Å²) in [6.07, 6.45) is -0.915. The molecule has 2 atom stereocenters. The molecule has 2 aromatic rings. The maximum absolute atomic E-state index is 12.5. The number of carboxylic acid groups (broad SMARTS) is 1. The molecular weight excluding hydrogens is 505 g/mol. The molecule has 0 fully saturated rings. The van der Waals surface area contributed by atoms with Crippen molar-refractivity contribution < 1.29 is 24.6 Å². The van der Waals surface area contributed by atoms with Crippen LogP contribution in [0.25, 0.3) is 0 Å². The number of benzene rings is 1. The van der Waals surface area contributed by atoms with Crippen LogP contribution in [0.15, 0.2) is 28.6 Å². The van der Waals surface area contributed by atoms with E-state index in [1.807, 2.05) is 0 Å². The van der Waals surface area contributed by atoms with E-state index >= 15 is 0 Å². The van der Waals surface area contributed by atoms with Gasteiger partial charge in [-0.1, -0.05) is 23.2 Å². The van der Waals surface area contributed by atoms with E-state index in [0.29, 0.717) is 44.2 Å². The number of anilines is 1. The van der Waals surface area contributed by atoms with Gasteiger partial charge >= 0.3 is 5.97 Å². The van der Waals surface area contributed by atoms with Gasteiger partial charge in [-0.15, -0.1) is 11.3 Å². The molecule has 13 heteroatoms. The molecule has 0 aliphatic carbocycles. The molecule has 0 saturated carbocycles. The lowest BCUT2D eigenvalue weighted by molar-refractivity contribution is -0.137. The highest BCUT2D eigenvalue weighted by molar-refractivity contribution is 7.12. The van der Waals surface area contributed by atoms with Crippen LogP contribution in [0.1, 0.15) is 33.3 Å². The Morgan fingerprint density at radius 2 is 2.06 bits per heavy atom. The van der Waals surface area contributed by atoms with E-state index in [0.717, 1.165) is 0 Å². The van der Waals surface area contributed by atoms with Crippen LogP contribution in [-0.2, 0) is 9.59 Å². The van der Waals surface area contributed by atoms with E-state index in [-0.39, 0.29) is 19.5 Å². The van der Waals surface area contributed by atoms with E-state index < -0.39 is 29.9 Å². The van der Waals surface area contributed by atoms with Crippen LogP contribution in [0.5, 0.6) is 0 Å². The number of carboxylic acids is 1. The third-order valence-electron chi connectivity index (χ3n) is 4.90. The number of hydrogen-bond donors (Lipinski definition) is 6. The SMILES string of the molecule is Cc1c(Cl)cc(Cl)cc1[C@H](CC(=O)O)NC(=O)CNC(=O)c1cc(NC2=NCC(O)CN2)cs1. The van der Waals surface area contributed by atoms with Crippen LogP contribution in [0.2, 0.25) is 10.0 Å². The number of nitrogens with zero attached hydrogens (tertiary/aromatic N) is 1. The molecule has 6 N–H and O–H groups in total. The zero-order chi connectivity index (χ0) is 24.8. The predicted molar refractivity (Wildman–Crippen MR) is 131 cm³/mol. The van der Waals surface area contributed by atoms with Crippen LogP contribution in [-0.4, -0.2) is 59.7 Å². The number of guanidine groups is 1. The molecule has 182 valence electrons. The van der Waals surface area contributed by atoms with E-state index in [4.69, 9.17) is 23.2 Å². The molecule has 1 unspecified atom stereocenters. The highest BCUT2D eigenvalue weighted by Gasteiger charge is 2.22. The van der Waals surface area contributed by atoms with Gasteiger partial charge in [-0.2, -0.15) is 0 Å². The topological polar surface area (TPSA) is 152 Å². The first kappa shape index (κ1) is 25.8. The van der Waals surface area contributed by atoms with Crippen molar-refractivity contribution in [3.05, 3.63) is 49.6 Å². The number of nitrogens with one attached hydrogen (secondary N) is 4. The summed E-state index contributed by atoms with van der Waals surface area (Å²) >= 11 is 13.4. The molecule has 1 aromatic carbocycles. The summed E-state index contributed by atoms with van der Waals surface area (Å²) in [5.41, 5.74) is 1.73. The minimum Gasteiger partial charge on any atom is -0.481 e. The van der Waals surface area contributed by atoms with Crippen LogP contribution in [0, 0.1) is 6.92 Å². The molecular formula is C21H23Cl2N5O5S. The summed E-state index contributed by atoms with van der Waals surface area (Å²) in [7, 11) is 0. The first-order chi connectivity index (χ1) is 16.1. The van der Waals surface area contributed by atoms with E-state index in [1.54, 1.807) is 24.4 Å². The monoisotopic (exact) mass is 527 g/mol. The molecule has 2 heterocycles. The van der Waals surface area contributed by atoms with Gasteiger partial charge in [0.1, 0.15) is 0 Å². The molecule has 10 nitrogen and oxygen atoms in total. The fraction of sp³-hybridized carbons (Fsp3) is 0.333. The van der Waals surface area contributed by atoms with Gasteiger partial charge in [-0.05, 0) is 36.2 Å². The summed E-state index contributed by atoms with van der Waals surface area (Å²) in [5, 5.41) is 32.2. The third-order valence-corrected chi connectivity index (χ3v) is 6.44. The highest BCUT2D eigenvalue weighted by Crippen LogP contribution is 2.30. The largest absolute Gasteiger partial charge is 0.481 e. The summed E-state index contributed by atoms with van der Waals surface area (Å²) in [5.74, 6) is -1.64. The summed E-state index contributed by atoms with van der Waals surface area (Å²) in [6.45, 7) is 2.01. The number of aliphatic hydroxyl groups is 1. The lowest BCUT2D eigenvalue weighted by atomic mass is 9.98. The van der Waals surface area contributed by atoms with Crippen molar-refractivity contribution in [1.82, 2.24) is 16.0 Å². The number of rotatable bonds is 8. The van der Waals surface area contributed by atoms with Gasteiger partial charge in [0, 0.05) is 22.0 Å². The number of carbonyl (C=O) groups is 3. The van der Waals surface area contributed by atoms with Gasteiger partial charge in [0.25, 0.3) is 5.91 Å². The average Bonchev–Trinajstić information content (AvgIpc) is 3.24. The zero-order valence-corrected chi connectivity index (χ0v) is 20.4. The fourth-order valence-electron chi connectivity index (χ4n) is 3.21. The Kier molecular flexibility index (Phi) is 8.72. The molecule has 0 radical (unpaired) electrons. The second-order valence-corrected chi connectivity index (χ2v) is 9.31. The number of aliphatic hydroxyl groups excluding tert-OH is 1. The quantitative estimate of drug-likeness (QED) is 0.307. The molecule has 3 rings (SSSR count). The van der Waals surface area contributed by atoms with Crippen LogP contribution in [0.4, 0.5) is 5.69 Å². The highest BCUT2D eigenvalue weighted by atomic mass is 35.5. The molecule has 1 aliphatic heterocycles. The van der Waals surface area contributed by atoms with E-state index in [9.17, 15) is 24.6 Å². The van der Waals surface area contributed by atoms with Crippen molar-refractivity contribution in [2.75, 3.05) is 25.0 Å². The molecule has 34 heavy (non-hydrogen) atoms. The van der Waals surface area contributed by atoms with Gasteiger partial charge in [0.15, 0.2) is 5.96 Å². The maximum Gasteiger partial charge on any atom is 0.305 e. The average molecular weight is 528 g/mol. The van der Waals surface area contributed by atoms with Gasteiger partial charge in [-0.25, -0.2) is 0 Å². The second kappa shape index (κ2) is 11.5. The number of thiophene rings is 1. The van der Waals surface area contributed by atoms with Gasteiger partial charge < -0.3 is 31.5 Å². The van der Waals surface area contributed by atoms with Crippen molar-refractivity contribution in [2.24, 2.45) is 4.99 Å². The van der Waals surface area contributed by atoms with Gasteiger partial charge in [0.05, 0.1) is 42.2 Å². The summed E-state index contributed by atoms with van der Waals surface area (Å²) < 4.78 is 0. The predicted octanol–water partition coefficient (Wildman–Crippen LogP) is 2.16. The molecule has 2 amide bonds. The van der Waals surface area contributed by atoms with Gasteiger partial charge in [0.2, 0.25) is 5.91 Å².